The topological polar surface area (TPSA) is 57.5 Å². The molecule has 0 spiro atoms. The van der Waals surface area contributed by atoms with Gasteiger partial charge in [0.1, 0.15) is 0 Å². The van der Waals surface area contributed by atoms with Crippen LogP contribution >= 0.6 is 0 Å². The lowest BCUT2D eigenvalue weighted by atomic mass is 10.5. The second-order valence-electron chi connectivity index (χ2n) is 1.16. The first-order valence-corrected chi connectivity index (χ1v) is 2.27. The van der Waals surface area contributed by atoms with Crippen LogP contribution in [0.5, 0.6) is 0 Å². The summed E-state index contributed by atoms with van der Waals surface area (Å²) in [5.74, 6) is 2.88. The fraction of sp³-hybridized carbons (Fsp3) is 0.167. The molecule has 0 aliphatic rings. The maximum Gasteiger partial charge on any atom is 0.382 e. The lowest BCUT2D eigenvalue weighted by molar-refractivity contribution is -0.130. The summed E-state index contributed by atoms with van der Waals surface area (Å²) in [7, 11) is 0. The standard InChI is InChI=1S/C6H6O3/c7-5-3-1-2-4-6(8)9/h1,3,7H,5H2,(H,8,9)/b3-1+. The Morgan fingerprint density at radius 2 is 2.33 bits per heavy atom. The van der Waals surface area contributed by atoms with Gasteiger partial charge in [0.25, 0.3) is 0 Å². The molecule has 0 aliphatic heterocycles. The van der Waals surface area contributed by atoms with Gasteiger partial charge < -0.3 is 10.2 Å². The molecule has 3 nitrogen and oxygen atoms in total. The van der Waals surface area contributed by atoms with E-state index in [1.165, 1.54) is 12.2 Å². The molecule has 0 rings (SSSR count). The van der Waals surface area contributed by atoms with E-state index in [1.54, 1.807) is 0 Å². The summed E-state index contributed by atoms with van der Waals surface area (Å²) < 4.78 is 0. The highest BCUT2D eigenvalue weighted by Crippen LogP contribution is 1.65. The number of carboxylic acids is 1. The van der Waals surface area contributed by atoms with Crippen LogP contribution < -0.4 is 0 Å². The average molecular weight is 126 g/mol. The number of hydrogen-bond donors (Lipinski definition) is 2. The highest BCUT2D eigenvalue weighted by Gasteiger charge is 1.78. The predicted molar refractivity (Wildman–Crippen MR) is 31.6 cm³/mol. The van der Waals surface area contributed by atoms with E-state index in [9.17, 15) is 4.79 Å². The Hall–Kier alpha value is -1.27. The average Bonchev–Trinajstić information content (AvgIpc) is 1.80. The van der Waals surface area contributed by atoms with Crippen molar-refractivity contribution in [3.8, 4) is 11.8 Å². The molecule has 0 saturated heterocycles. The maximum absolute atomic E-state index is 9.69. The summed E-state index contributed by atoms with van der Waals surface area (Å²) in [5, 5.41) is 16.1. The molecule has 0 unspecified atom stereocenters. The first-order chi connectivity index (χ1) is 4.27. The van der Waals surface area contributed by atoms with Crippen LogP contribution in [0.15, 0.2) is 12.2 Å². The third-order valence-corrected chi connectivity index (χ3v) is 0.486. The molecular weight excluding hydrogens is 120 g/mol. The lowest BCUT2D eigenvalue weighted by Crippen LogP contribution is -1.85. The van der Waals surface area contributed by atoms with Crippen molar-refractivity contribution in [3.63, 3.8) is 0 Å². The van der Waals surface area contributed by atoms with Gasteiger partial charge >= 0.3 is 5.97 Å². The van der Waals surface area contributed by atoms with Gasteiger partial charge in [-0.25, -0.2) is 4.79 Å². The summed E-state index contributed by atoms with van der Waals surface area (Å²) in [6, 6.07) is 0. The molecular formula is C6H6O3. The smallest absolute Gasteiger partial charge is 0.382 e. The van der Waals surface area contributed by atoms with Crippen LogP contribution in [-0.2, 0) is 4.79 Å². The van der Waals surface area contributed by atoms with Crippen LogP contribution in [0, 0.1) is 11.8 Å². The van der Waals surface area contributed by atoms with Gasteiger partial charge in [0.15, 0.2) is 0 Å². The number of hydrogen-bond acceptors (Lipinski definition) is 2. The molecule has 0 aromatic rings. The third-order valence-electron chi connectivity index (χ3n) is 0.486. The molecule has 9 heavy (non-hydrogen) atoms. The zero-order valence-electron chi connectivity index (χ0n) is 4.66. The molecule has 0 atom stereocenters. The van der Waals surface area contributed by atoms with Crippen molar-refractivity contribution in [1.82, 2.24) is 0 Å². The van der Waals surface area contributed by atoms with Crippen LogP contribution in [0.4, 0.5) is 0 Å². The third kappa shape index (κ3) is 6.73. The van der Waals surface area contributed by atoms with Gasteiger partial charge in [-0.05, 0) is 6.08 Å². The molecule has 0 radical (unpaired) electrons. The van der Waals surface area contributed by atoms with E-state index in [4.69, 9.17) is 10.2 Å². The first-order valence-electron chi connectivity index (χ1n) is 2.27. The second kappa shape index (κ2) is 4.88. The van der Waals surface area contributed by atoms with Gasteiger partial charge in [0.2, 0.25) is 0 Å². The molecule has 2 N–H and O–H groups in total. The molecule has 0 fully saturated rings. The number of aliphatic hydroxyl groups is 1. The number of aliphatic carboxylic acids is 1. The molecule has 0 amide bonds. The minimum absolute atomic E-state index is 0.117. The first kappa shape index (κ1) is 7.73. The molecule has 48 valence electrons. The van der Waals surface area contributed by atoms with Crippen molar-refractivity contribution in [2.75, 3.05) is 6.61 Å². The van der Waals surface area contributed by atoms with Crippen LogP contribution in [0.25, 0.3) is 0 Å². The van der Waals surface area contributed by atoms with Gasteiger partial charge in [0.05, 0.1) is 6.61 Å². The van der Waals surface area contributed by atoms with Crippen LogP contribution in [0.3, 0.4) is 0 Å². The Morgan fingerprint density at radius 3 is 2.78 bits per heavy atom. The van der Waals surface area contributed by atoms with Crippen molar-refractivity contribution >= 4 is 5.97 Å². The van der Waals surface area contributed by atoms with Gasteiger partial charge in [0, 0.05) is 5.92 Å². The summed E-state index contributed by atoms with van der Waals surface area (Å²) in [6.07, 6.45) is 2.64. The SMILES string of the molecule is O=C(O)C#C/C=C/CO. The maximum atomic E-state index is 9.69. The number of aliphatic hydroxyl groups excluding tert-OH is 1. The zero-order chi connectivity index (χ0) is 7.11. The minimum atomic E-state index is -1.17. The van der Waals surface area contributed by atoms with Crippen molar-refractivity contribution in [2.45, 2.75) is 0 Å². The molecule has 0 aliphatic carbocycles. The number of carboxylic acid groups (broad SMARTS) is 1. The Morgan fingerprint density at radius 1 is 1.67 bits per heavy atom. The van der Waals surface area contributed by atoms with Crippen LogP contribution in [-0.4, -0.2) is 22.8 Å². The normalized spacial score (nSPS) is 8.56. The van der Waals surface area contributed by atoms with Gasteiger partial charge in [-0.3, -0.25) is 0 Å². The van der Waals surface area contributed by atoms with Gasteiger partial charge in [-0.15, -0.1) is 0 Å². The molecule has 0 saturated carbocycles. The molecule has 0 aromatic carbocycles. The molecule has 0 heterocycles. The fourth-order valence-corrected chi connectivity index (χ4v) is 0.215. The van der Waals surface area contributed by atoms with E-state index in [2.05, 4.69) is 5.92 Å². The van der Waals surface area contributed by atoms with Crippen molar-refractivity contribution in [3.05, 3.63) is 12.2 Å². The summed E-state index contributed by atoms with van der Waals surface area (Å²) in [6.45, 7) is -0.117. The lowest BCUT2D eigenvalue weighted by Gasteiger charge is -1.70. The highest BCUT2D eigenvalue weighted by atomic mass is 16.4. The van der Waals surface area contributed by atoms with E-state index in [1.807, 2.05) is 5.92 Å². The van der Waals surface area contributed by atoms with E-state index in [-0.39, 0.29) is 6.61 Å². The Kier molecular flexibility index (Phi) is 4.19. The Labute approximate surface area is 52.6 Å². The van der Waals surface area contributed by atoms with Crippen molar-refractivity contribution in [1.29, 1.82) is 0 Å². The number of allylic oxidation sites excluding steroid dienone is 1. The molecule has 0 aromatic heterocycles. The van der Waals surface area contributed by atoms with E-state index >= 15 is 0 Å². The monoisotopic (exact) mass is 126 g/mol. The van der Waals surface area contributed by atoms with E-state index < -0.39 is 5.97 Å². The predicted octanol–water partition coefficient (Wildman–Crippen LogP) is -0.377. The zero-order valence-corrected chi connectivity index (χ0v) is 4.66. The van der Waals surface area contributed by atoms with Gasteiger partial charge in [-0.2, -0.15) is 0 Å². The summed E-state index contributed by atoms with van der Waals surface area (Å²) >= 11 is 0. The molecule has 3 heteroatoms. The van der Waals surface area contributed by atoms with Crippen molar-refractivity contribution < 1.29 is 15.0 Å². The van der Waals surface area contributed by atoms with Crippen LogP contribution in [0.1, 0.15) is 0 Å². The van der Waals surface area contributed by atoms with Crippen molar-refractivity contribution in [2.24, 2.45) is 0 Å². The number of rotatable bonds is 1. The fourth-order valence-electron chi connectivity index (χ4n) is 0.215. The Balaban J connectivity index is 3.62. The second-order valence-corrected chi connectivity index (χ2v) is 1.16. The number of carbonyl (C=O) groups is 1. The largest absolute Gasteiger partial charge is 0.472 e. The van der Waals surface area contributed by atoms with Crippen LogP contribution in [0.2, 0.25) is 0 Å². The Bertz CT molecular complexity index is 170. The minimum Gasteiger partial charge on any atom is -0.472 e. The van der Waals surface area contributed by atoms with E-state index in [0.717, 1.165) is 0 Å². The summed E-state index contributed by atoms with van der Waals surface area (Å²) in [5.41, 5.74) is 0. The highest BCUT2D eigenvalue weighted by molar-refractivity contribution is 5.86. The van der Waals surface area contributed by atoms with Gasteiger partial charge in [-0.1, -0.05) is 12.0 Å². The summed E-state index contributed by atoms with van der Waals surface area (Å²) in [4.78, 5) is 9.69. The quantitative estimate of drug-likeness (QED) is 0.471. The molecule has 0 bridgehead atoms. The van der Waals surface area contributed by atoms with E-state index in [0.29, 0.717) is 0 Å².